The summed E-state index contributed by atoms with van der Waals surface area (Å²) in [6, 6.07) is 3.72. The smallest absolute Gasteiger partial charge is 0.271 e. The van der Waals surface area contributed by atoms with Crippen LogP contribution in [0.2, 0.25) is 0 Å². The molecule has 0 aliphatic carbocycles. The van der Waals surface area contributed by atoms with E-state index in [1.165, 1.54) is 11.3 Å². The molecule has 3 aromatic heterocycles. The molecule has 1 aliphatic rings. The number of fused-ring (bicyclic) bond motifs is 1. The Bertz CT molecular complexity index is 881. The van der Waals surface area contributed by atoms with Gasteiger partial charge in [0.15, 0.2) is 10.8 Å². The number of carbonyl (C=O) groups is 1. The Morgan fingerprint density at radius 3 is 3.08 bits per heavy atom. The summed E-state index contributed by atoms with van der Waals surface area (Å²) in [4.78, 5) is 17.9. The minimum atomic E-state index is -0.138. The molecule has 0 saturated carbocycles. The molecular weight excluding hydrogens is 326 g/mol. The van der Waals surface area contributed by atoms with E-state index in [0.29, 0.717) is 18.0 Å². The van der Waals surface area contributed by atoms with Gasteiger partial charge in [0, 0.05) is 23.9 Å². The Hall–Kier alpha value is -2.48. The maximum absolute atomic E-state index is 12.6. The summed E-state index contributed by atoms with van der Waals surface area (Å²) >= 11 is 1.46. The molecule has 0 radical (unpaired) electrons. The number of aromatic nitrogens is 4. The van der Waals surface area contributed by atoms with Crippen LogP contribution < -0.4 is 5.32 Å². The molecule has 1 aliphatic heterocycles. The molecule has 124 valence electrons. The first-order valence-electron chi connectivity index (χ1n) is 7.82. The second-order valence-electron chi connectivity index (χ2n) is 5.88. The number of carbonyl (C=O) groups excluding carboxylic acids is 1. The zero-order valence-electron chi connectivity index (χ0n) is 13.4. The molecule has 4 heterocycles. The van der Waals surface area contributed by atoms with Crippen molar-refractivity contribution in [2.24, 2.45) is 0 Å². The number of nitrogens with one attached hydrogen (secondary N) is 1. The zero-order valence-corrected chi connectivity index (χ0v) is 14.3. The third kappa shape index (κ3) is 2.62. The first-order valence-corrected chi connectivity index (χ1v) is 8.64. The number of amides is 1. The molecule has 0 bridgehead atoms. The van der Waals surface area contributed by atoms with Crippen molar-refractivity contribution >= 4 is 17.2 Å². The van der Waals surface area contributed by atoms with Gasteiger partial charge < -0.3 is 14.3 Å². The van der Waals surface area contributed by atoms with Gasteiger partial charge >= 0.3 is 0 Å². The van der Waals surface area contributed by atoms with Gasteiger partial charge in [-0.25, -0.2) is 4.98 Å². The molecule has 0 aromatic carbocycles. The Balaban J connectivity index is 1.50. The van der Waals surface area contributed by atoms with Crippen LogP contribution in [0.25, 0.3) is 10.8 Å². The number of nitrogens with zero attached hydrogens (tertiary/aromatic N) is 4. The maximum atomic E-state index is 12.6. The van der Waals surface area contributed by atoms with Crippen LogP contribution in [0.1, 0.15) is 33.4 Å². The number of furan rings is 1. The number of aryl methyl sites for hydroxylation is 3. The van der Waals surface area contributed by atoms with Gasteiger partial charge in [-0.05, 0) is 32.4 Å². The normalized spacial score (nSPS) is 16.8. The van der Waals surface area contributed by atoms with E-state index in [0.717, 1.165) is 34.4 Å². The molecule has 4 rings (SSSR count). The van der Waals surface area contributed by atoms with Gasteiger partial charge in [-0.3, -0.25) is 4.79 Å². The third-order valence-electron chi connectivity index (χ3n) is 4.21. The summed E-state index contributed by atoms with van der Waals surface area (Å²) < 4.78 is 7.43. The number of thiazole rings is 1. The highest BCUT2D eigenvalue weighted by Gasteiger charge is 2.25. The van der Waals surface area contributed by atoms with E-state index >= 15 is 0 Å². The second-order valence-corrected chi connectivity index (χ2v) is 7.09. The Morgan fingerprint density at radius 2 is 2.29 bits per heavy atom. The molecule has 7 nitrogen and oxygen atoms in total. The van der Waals surface area contributed by atoms with Crippen molar-refractivity contribution in [1.29, 1.82) is 0 Å². The first kappa shape index (κ1) is 15.1. The largest absolute Gasteiger partial charge is 0.462 e. The minimum Gasteiger partial charge on any atom is -0.462 e. The number of rotatable bonds is 3. The van der Waals surface area contributed by atoms with Crippen molar-refractivity contribution in [1.82, 2.24) is 25.1 Å². The molecular formula is C16H17N5O2S. The van der Waals surface area contributed by atoms with E-state index in [1.807, 2.05) is 26.0 Å². The van der Waals surface area contributed by atoms with Crippen LogP contribution in [0.4, 0.5) is 0 Å². The van der Waals surface area contributed by atoms with E-state index < -0.39 is 0 Å². The van der Waals surface area contributed by atoms with Crippen LogP contribution in [0.5, 0.6) is 0 Å². The highest BCUT2D eigenvalue weighted by atomic mass is 32.1. The van der Waals surface area contributed by atoms with Gasteiger partial charge in [0.2, 0.25) is 0 Å². The maximum Gasteiger partial charge on any atom is 0.271 e. The molecule has 0 spiro atoms. The molecule has 1 unspecified atom stereocenters. The number of hydrogen-bond donors (Lipinski definition) is 1. The van der Waals surface area contributed by atoms with Crippen LogP contribution in [-0.4, -0.2) is 31.7 Å². The van der Waals surface area contributed by atoms with Gasteiger partial charge in [-0.1, -0.05) is 0 Å². The van der Waals surface area contributed by atoms with Crippen molar-refractivity contribution in [3.8, 4) is 10.8 Å². The SMILES string of the molecule is Cc1sc(-c2ccco2)nc1C(=O)NC1CCc2nnc(C)n2C1. The Labute approximate surface area is 142 Å². The van der Waals surface area contributed by atoms with Gasteiger partial charge in [-0.15, -0.1) is 21.5 Å². The average Bonchev–Trinajstić information content (AvgIpc) is 3.28. The monoisotopic (exact) mass is 343 g/mol. The van der Waals surface area contributed by atoms with E-state index in [1.54, 1.807) is 6.26 Å². The van der Waals surface area contributed by atoms with Crippen LogP contribution in [0.15, 0.2) is 22.8 Å². The molecule has 1 N–H and O–H groups in total. The van der Waals surface area contributed by atoms with Crippen molar-refractivity contribution in [2.75, 3.05) is 0 Å². The highest BCUT2D eigenvalue weighted by Crippen LogP contribution is 2.28. The lowest BCUT2D eigenvalue weighted by molar-refractivity contribution is 0.0922. The fourth-order valence-corrected chi connectivity index (χ4v) is 3.83. The quantitative estimate of drug-likeness (QED) is 0.789. The van der Waals surface area contributed by atoms with Crippen molar-refractivity contribution in [3.05, 3.63) is 40.6 Å². The zero-order chi connectivity index (χ0) is 16.7. The average molecular weight is 343 g/mol. The summed E-state index contributed by atoms with van der Waals surface area (Å²) in [6.45, 7) is 4.54. The van der Waals surface area contributed by atoms with Gasteiger partial charge in [-0.2, -0.15) is 0 Å². The molecule has 8 heteroatoms. The summed E-state index contributed by atoms with van der Waals surface area (Å²) in [5.74, 6) is 2.42. The number of hydrogen-bond acceptors (Lipinski definition) is 6. The molecule has 1 amide bonds. The van der Waals surface area contributed by atoms with Crippen LogP contribution in [-0.2, 0) is 13.0 Å². The lowest BCUT2D eigenvalue weighted by atomic mass is 10.1. The summed E-state index contributed by atoms with van der Waals surface area (Å²) in [5.41, 5.74) is 0.470. The van der Waals surface area contributed by atoms with E-state index in [2.05, 4.69) is 25.1 Å². The second kappa shape index (κ2) is 5.86. The van der Waals surface area contributed by atoms with Crippen LogP contribution in [0, 0.1) is 13.8 Å². The lowest BCUT2D eigenvalue weighted by Gasteiger charge is -2.24. The predicted molar refractivity (Wildman–Crippen MR) is 88.9 cm³/mol. The molecule has 3 aromatic rings. The van der Waals surface area contributed by atoms with E-state index in [4.69, 9.17) is 4.42 Å². The van der Waals surface area contributed by atoms with Crippen molar-refractivity contribution < 1.29 is 9.21 Å². The van der Waals surface area contributed by atoms with Crippen LogP contribution in [0.3, 0.4) is 0 Å². The molecule has 0 saturated heterocycles. The van der Waals surface area contributed by atoms with E-state index in [9.17, 15) is 4.79 Å². The summed E-state index contributed by atoms with van der Waals surface area (Å²) in [5, 5.41) is 12.1. The van der Waals surface area contributed by atoms with Crippen LogP contribution >= 0.6 is 11.3 Å². The van der Waals surface area contributed by atoms with Crippen molar-refractivity contribution in [3.63, 3.8) is 0 Å². The Kier molecular flexibility index (Phi) is 3.68. The summed E-state index contributed by atoms with van der Waals surface area (Å²) in [7, 11) is 0. The minimum absolute atomic E-state index is 0.0628. The highest BCUT2D eigenvalue weighted by molar-refractivity contribution is 7.15. The molecule has 1 atom stereocenters. The van der Waals surface area contributed by atoms with Crippen molar-refractivity contribution in [2.45, 2.75) is 39.3 Å². The predicted octanol–water partition coefficient (Wildman–Crippen LogP) is 2.36. The van der Waals surface area contributed by atoms with Gasteiger partial charge in [0.1, 0.15) is 17.3 Å². The van der Waals surface area contributed by atoms with Gasteiger partial charge in [0.05, 0.1) is 6.26 Å². The fraction of sp³-hybridized carbons (Fsp3) is 0.375. The first-order chi connectivity index (χ1) is 11.6. The van der Waals surface area contributed by atoms with E-state index in [-0.39, 0.29) is 11.9 Å². The topological polar surface area (TPSA) is 85.8 Å². The van der Waals surface area contributed by atoms with Gasteiger partial charge in [0.25, 0.3) is 5.91 Å². The molecule has 0 fully saturated rings. The Morgan fingerprint density at radius 1 is 1.42 bits per heavy atom. The third-order valence-corrected chi connectivity index (χ3v) is 5.20. The standard InChI is InChI=1S/C16H17N5O2S/c1-9-14(18-16(24-9)12-4-3-7-23-12)15(22)17-11-5-6-13-20-19-10(2)21(13)8-11/h3-4,7,11H,5-6,8H2,1-2H3,(H,17,22). The summed E-state index contributed by atoms with van der Waals surface area (Å²) in [6.07, 6.45) is 3.28. The fourth-order valence-electron chi connectivity index (χ4n) is 2.95. The lowest BCUT2D eigenvalue weighted by Crippen LogP contribution is -2.41. The molecule has 24 heavy (non-hydrogen) atoms.